The molecule has 0 aliphatic heterocycles. The Morgan fingerprint density at radius 3 is 2.92 bits per heavy atom. The zero-order valence-electron chi connectivity index (χ0n) is 7.19. The van der Waals surface area contributed by atoms with Gasteiger partial charge in [0.25, 0.3) is 0 Å². The molecule has 1 atom stereocenters. The van der Waals surface area contributed by atoms with Crippen molar-refractivity contribution in [3.63, 3.8) is 0 Å². The van der Waals surface area contributed by atoms with Crippen LogP contribution >= 0.6 is 0 Å². The molecule has 0 amide bonds. The number of aromatic nitrogens is 2. The summed E-state index contributed by atoms with van der Waals surface area (Å²) in [7, 11) is 0. The number of aliphatic hydroxyl groups excluding tert-OH is 1. The summed E-state index contributed by atoms with van der Waals surface area (Å²) < 4.78 is 1.62. The van der Waals surface area contributed by atoms with Gasteiger partial charge in [-0.2, -0.15) is 5.10 Å². The zero-order valence-corrected chi connectivity index (χ0v) is 7.19. The van der Waals surface area contributed by atoms with E-state index in [2.05, 4.69) is 5.10 Å². The number of aliphatic hydroxyl groups is 1. The van der Waals surface area contributed by atoms with Gasteiger partial charge < -0.3 is 5.11 Å². The molecule has 4 heteroatoms. The van der Waals surface area contributed by atoms with E-state index in [9.17, 15) is 4.79 Å². The minimum atomic E-state index is -0.442. The van der Waals surface area contributed by atoms with Crippen molar-refractivity contribution in [2.75, 3.05) is 0 Å². The Balaban J connectivity index is 2.86. The predicted molar refractivity (Wildman–Crippen MR) is 44.0 cm³/mol. The number of rotatable bonds is 3. The van der Waals surface area contributed by atoms with Crippen LogP contribution in [0, 0.1) is 6.92 Å². The summed E-state index contributed by atoms with van der Waals surface area (Å²) in [4.78, 5) is 10.4. The molecule has 4 nitrogen and oxygen atoms in total. The summed E-state index contributed by atoms with van der Waals surface area (Å²) in [5, 5.41) is 13.0. The van der Waals surface area contributed by atoms with Crippen LogP contribution in [0.4, 0.5) is 0 Å². The quantitative estimate of drug-likeness (QED) is 0.664. The summed E-state index contributed by atoms with van der Waals surface area (Å²) in [5.74, 6) is 0. The van der Waals surface area contributed by atoms with Gasteiger partial charge in [0.15, 0.2) is 6.29 Å². The maximum absolute atomic E-state index is 10.4. The Labute approximate surface area is 70.8 Å². The van der Waals surface area contributed by atoms with Gasteiger partial charge in [-0.15, -0.1) is 0 Å². The first-order valence-electron chi connectivity index (χ1n) is 3.80. The fraction of sp³-hybridized carbons (Fsp3) is 0.500. The van der Waals surface area contributed by atoms with E-state index in [1.807, 2.05) is 0 Å². The van der Waals surface area contributed by atoms with E-state index >= 15 is 0 Å². The molecule has 1 aromatic heterocycles. The minimum absolute atomic E-state index is 0.430. The van der Waals surface area contributed by atoms with Gasteiger partial charge in [0, 0.05) is 5.69 Å². The fourth-order valence-electron chi connectivity index (χ4n) is 1.01. The Morgan fingerprint density at radius 1 is 1.83 bits per heavy atom. The van der Waals surface area contributed by atoms with Crippen molar-refractivity contribution in [2.24, 2.45) is 0 Å². The molecule has 12 heavy (non-hydrogen) atoms. The van der Waals surface area contributed by atoms with Gasteiger partial charge in [-0.05, 0) is 13.8 Å². The zero-order chi connectivity index (χ0) is 9.14. The maximum atomic E-state index is 10.4. The molecule has 66 valence electrons. The van der Waals surface area contributed by atoms with Crippen molar-refractivity contribution in [1.29, 1.82) is 0 Å². The van der Waals surface area contributed by atoms with Crippen molar-refractivity contribution in [2.45, 2.75) is 26.5 Å². The minimum Gasteiger partial charge on any atom is -0.391 e. The Morgan fingerprint density at radius 2 is 2.50 bits per heavy atom. The highest BCUT2D eigenvalue weighted by molar-refractivity contribution is 5.75. The Kier molecular flexibility index (Phi) is 2.60. The number of carbonyl (C=O) groups is 1. The summed E-state index contributed by atoms with van der Waals surface area (Å²) in [6, 6.07) is 0. The highest BCUT2D eigenvalue weighted by Crippen LogP contribution is 2.04. The van der Waals surface area contributed by atoms with Crippen LogP contribution < -0.4 is 0 Å². The smallest absolute Gasteiger partial charge is 0.153 e. The first-order valence-corrected chi connectivity index (χ1v) is 3.80. The summed E-state index contributed by atoms with van der Waals surface area (Å²) in [6.45, 7) is 3.92. The van der Waals surface area contributed by atoms with E-state index < -0.39 is 6.10 Å². The van der Waals surface area contributed by atoms with Crippen molar-refractivity contribution >= 4 is 6.29 Å². The van der Waals surface area contributed by atoms with Gasteiger partial charge in [0.05, 0.1) is 24.4 Å². The van der Waals surface area contributed by atoms with Crippen LogP contribution in [-0.4, -0.2) is 27.3 Å². The predicted octanol–water partition coefficient (Wildman–Crippen LogP) is 0.385. The largest absolute Gasteiger partial charge is 0.391 e. The molecule has 1 aromatic rings. The van der Waals surface area contributed by atoms with E-state index in [1.54, 1.807) is 18.5 Å². The number of aldehydes is 1. The van der Waals surface area contributed by atoms with Gasteiger partial charge in [-0.25, -0.2) is 0 Å². The molecular weight excluding hydrogens is 156 g/mol. The number of hydrogen-bond acceptors (Lipinski definition) is 3. The highest BCUT2D eigenvalue weighted by Gasteiger charge is 2.06. The normalized spacial score (nSPS) is 12.9. The van der Waals surface area contributed by atoms with Crippen molar-refractivity contribution < 1.29 is 9.90 Å². The van der Waals surface area contributed by atoms with Gasteiger partial charge in [-0.1, -0.05) is 0 Å². The summed E-state index contributed by atoms with van der Waals surface area (Å²) in [5.41, 5.74) is 1.38. The molecule has 0 aliphatic rings. The molecule has 0 aliphatic carbocycles. The third kappa shape index (κ3) is 1.71. The lowest BCUT2D eigenvalue weighted by atomic mass is 10.3. The Hall–Kier alpha value is -1.16. The second-order valence-corrected chi connectivity index (χ2v) is 2.83. The number of carbonyl (C=O) groups excluding carboxylic acids is 1. The average Bonchev–Trinajstić information content (AvgIpc) is 2.32. The van der Waals surface area contributed by atoms with E-state index in [-0.39, 0.29) is 0 Å². The van der Waals surface area contributed by atoms with Gasteiger partial charge in [-0.3, -0.25) is 9.48 Å². The standard InChI is InChI=1S/C8H12N2O2/c1-6(12)4-10-7(2)8(5-11)3-9-10/h3,5-6,12H,4H2,1-2H3. The molecular formula is C8H12N2O2. The van der Waals surface area contributed by atoms with Crippen LogP contribution in [0.2, 0.25) is 0 Å². The monoisotopic (exact) mass is 168 g/mol. The highest BCUT2D eigenvalue weighted by atomic mass is 16.3. The molecule has 0 saturated carbocycles. The van der Waals surface area contributed by atoms with Crippen LogP contribution in [0.5, 0.6) is 0 Å². The number of nitrogens with zero attached hydrogens (tertiary/aromatic N) is 2. The van der Waals surface area contributed by atoms with Crippen LogP contribution in [0.3, 0.4) is 0 Å². The Bertz CT molecular complexity index is 279. The van der Waals surface area contributed by atoms with Crippen LogP contribution in [0.1, 0.15) is 23.0 Å². The third-order valence-electron chi connectivity index (χ3n) is 1.71. The van der Waals surface area contributed by atoms with E-state index in [4.69, 9.17) is 5.11 Å². The summed E-state index contributed by atoms with van der Waals surface area (Å²) in [6.07, 6.45) is 1.83. The molecule has 1 N–H and O–H groups in total. The molecule has 0 bridgehead atoms. The summed E-state index contributed by atoms with van der Waals surface area (Å²) >= 11 is 0. The second kappa shape index (κ2) is 3.49. The van der Waals surface area contributed by atoms with Gasteiger partial charge >= 0.3 is 0 Å². The molecule has 0 fully saturated rings. The van der Waals surface area contributed by atoms with Crippen LogP contribution in [0.15, 0.2) is 6.20 Å². The molecule has 0 saturated heterocycles. The van der Waals surface area contributed by atoms with Crippen molar-refractivity contribution in [3.8, 4) is 0 Å². The first-order chi connectivity index (χ1) is 5.65. The van der Waals surface area contributed by atoms with Crippen LogP contribution in [0.25, 0.3) is 0 Å². The fourth-order valence-corrected chi connectivity index (χ4v) is 1.01. The first kappa shape index (κ1) is 8.93. The SMILES string of the molecule is Cc1c(C=O)cnn1CC(C)O. The van der Waals surface area contributed by atoms with E-state index in [0.717, 1.165) is 12.0 Å². The maximum Gasteiger partial charge on any atom is 0.153 e. The van der Waals surface area contributed by atoms with Gasteiger partial charge in [0.1, 0.15) is 0 Å². The molecule has 1 rings (SSSR count). The lowest BCUT2D eigenvalue weighted by molar-refractivity contribution is 0.112. The third-order valence-corrected chi connectivity index (χ3v) is 1.71. The lowest BCUT2D eigenvalue weighted by Gasteiger charge is -2.05. The second-order valence-electron chi connectivity index (χ2n) is 2.83. The van der Waals surface area contributed by atoms with Gasteiger partial charge in [0.2, 0.25) is 0 Å². The lowest BCUT2D eigenvalue weighted by Crippen LogP contribution is -2.14. The van der Waals surface area contributed by atoms with Crippen molar-refractivity contribution in [1.82, 2.24) is 9.78 Å². The average molecular weight is 168 g/mol. The van der Waals surface area contributed by atoms with Crippen molar-refractivity contribution in [3.05, 3.63) is 17.5 Å². The molecule has 1 heterocycles. The molecule has 0 radical (unpaired) electrons. The topological polar surface area (TPSA) is 55.1 Å². The molecule has 0 spiro atoms. The molecule has 1 unspecified atom stereocenters. The van der Waals surface area contributed by atoms with E-state index in [1.165, 1.54) is 6.20 Å². The number of hydrogen-bond donors (Lipinski definition) is 1. The van der Waals surface area contributed by atoms with E-state index in [0.29, 0.717) is 12.1 Å². The molecule has 0 aromatic carbocycles. The van der Waals surface area contributed by atoms with Crippen LogP contribution in [-0.2, 0) is 6.54 Å².